The van der Waals surface area contributed by atoms with Gasteiger partial charge in [-0.05, 0) is 0 Å². The largest absolute Gasteiger partial charge is 0.467 e. The van der Waals surface area contributed by atoms with Crippen LogP contribution < -0.4 is 5.73 Å². The summed E-state index contributed by atoms with van der Waals surface area (Å²) in [5, 5.41) is 0. The number of hydrogen-bond donors (Lipinski definition) is 1. The van der Waals surface area contributed by atoms with E-state index in [0.717, 1.165) is 11.5 Å². The zero-order valence-electron chi connectivity index (χ0n) is 5.21. The standard InChI is InChI=1S/C5H11NO2S/c6-1-3-9-4-2-8-5-7/h5H,1-4,6H2. The molecule has 0 radical (unpaired) electrons. The van der Waals surface area contributed by atoms with E-state index in [0.29, 0.717) is 19.6 Å². The van der Waals surface area contributed by atoms with Gasteiger partial charge in [-0.25, -0.2) is 0 Å². The van der Waals surface area contributed by atoms with Crippen molar-refractivity contribution in [2.75, 3.05) is 24.7 Å². The van der Waals surface area contributed by atoms with E-state index in [1.807, 2.05) is 0 Å². The molecule has 0 fully saturated rings. The highest BCUT2D eigenvalue weighted by Gasteiger charge is 1.85. The third-order valence-corrected chi connectivity index (χ3v) is 1.66. The highest BCUT2D eigenvalue weighted by molar-refractivity contribution is 7.99. The van der Waals surface area contributed by atoms with Crippen LogP contribution >= 0.6 is 11.8 Å². The first-order chi connectivity index (χ1) is 4.41. The molecule has 54 valence electrons. The van der Waals surface area contributed by atoms with Gasteiger partial charge in [0.05, 0.1) is 0 Å². The summed E-state index contributed by atoms with van der Waals surface area (Å²) in [7, 11) is 0. The molecule has 0 aromatic heterocycles. The molecule has 0 saturated carbocycles. The number of carbonyl (C=O) groups is 1. The summed E-state index contributed by atoms with van der Waals surface area (Å²) in [5.41, 5.74) is 5.21. The van der Waals surface area contributed by atoms with Crippen molar-refractivity contribution in [1.29, 1.82) is 0 Å². The zero-order chi connectivity index (χ0) is 6.95. The van der Waals surface area contributed by atoms with Crippen LogP contribution in [0.2, 0.25) is 0 Å². The Morgan fingerprint density at radius 3 is 2.89 bits per heavy atom. The second-order valence-electron chi connectivity index (χ2n) is 1.37. The maximum absolute atomic E-state index is 9.58. The first-order valence-electron chi connectivity index (χ1n) is 2.75. The van der Waals surface area contributed by atoms with Crippen LogP contribution in [0.3, 0.4) is 0 Å². The van der Waals surface area contributed by atoms with E-state index >= 15 is 0 Å². The van der Waals surface area contributed by atoms with Gasteiger partial charge in [-0.2, -0.15) is 11.8 Å². The molecule has 0 aromatic carbocycles. The van der Waals surface area contributed by atoms with Crippen molar-refractivity contribution in [3.8, 4) is 0 Å². The Hall–Kier alpha value is -0.220. The number of thioether (sulfide) groups is 1. The SMILES string of the molecule is NCCSCCOC=O. The van der Waals surface area contributed by atoms with Crippen LogP contribution in [0.1, 0.15) is 0 Å². The second kappa shape index (κ2) is 7.78. The van der Waals surface area contributed by atoms with Crippen LogP contribution in [-0.4, -0.2) is 31.1 Å². The lowest BCUT2D eigenvalue weighted by Gasteiger charge is -1.96. The molecule has 0 spiro atoms. The maximum atomic E-state index is 9.58. The average molecular weight is 149 g/mol. The molecule has 0 aromatic rings. The van der Waals surface area contributed by atoms with Crippen molar-refractivity contribution in [3.05, 3.63) is 0 Å². The summed E-state index contributed by atoms with van der Waals surface area (Å²) >= 11 is 1.68. The highest BCUT2D eigenvalue weighted by Crippen LogP contribution is 1.95. The average Bonchev–Trinajstić information content (AvgIpc) is 1.89. The van der Waals surface area contributed by atoms with E-state index < -0.39 is 0 Å². The number of carbonyl (C=O) groups excluding carboxylic acids is 1. The monoisotopic (exact) mass is 149 g/mol. The summed E-state index contributed by atoms with van der Waals surface area (Å²) in [4.78, 5) is 9.58. The Labute approximate surface area is 58.9 Å². The number of ether oxygens (including phenoxy) is 1. The lowest BCUT2D eigenvalue weighted by atomic mass is 10.8. The third kappa shape index (κ3) is 7.78. The van der Waals surface area contributed by atoms with E-state index in [-0.39, 0.29) is 0 Å². The van der Waals surface area contributed by atoms with Crippen LogP contribution in [0, 0.1) is 0 Å². The molecule has 4 heteroatoms. The molecule has 9 heavy (non-hydrogen) atoms. The topological polar surface area (TPSA) is 52.3 Å². The van der Waals surface area contributed by atoms with Crippen molar-refractivity contribution in [2.24, 2.45) is 5.73 Å². The second-order valence-corrected chi connectivity index (χ2v) is 2.59. The molecule has 0 aliphatic carbocycles. The van der Waals surface area contributed by atoms with Crippen LogP contribution in [-0.2, 0) is 9.53 Å². The van der Waals surface area contributed by atoms with E-state index in [9.17, 15) is 4.79 Å². The molecule has 0 unspecified atom stereocenters. The molecule has 0 bridgehead atoms. The molecular weight excluding hydrogens is 138 g/mol. The fourth-order valence-corrected chi connectivity index (χ4v) is 0.925. The van der Waals surface area contributed by atoms with E-state index in [2.05, 4.69) is 4.74 Å². The number of nitrogens with two attached hydrogens (primary N) is 1. The number of hydrogen-bond acceptors (Lipinski definition) is 4. The van der Waals surface area contributed by atoms with Crippen LogP contribution in [0.25, 0.3) is 0 Å². The first-order valence-corrected chi connectivity index (χ1v) is 3.90. The smallest absolute Gasteiger partial charge is 0.293 e. The van der Waals surface area contributed by atoms with Crippen molar-refractivity contribution in [1.82, 2.24) is 0 Å². The van der Waals surface area contributed by atoms with Gasteiger partial charge in [0.1, 0.15) is 6.61 Å². The van der Waals surface area contributed by atoms with Crippen molar-refractivity contribution < 1.29 is 9.53 Å². The zero-order valence-corrected chi connectivity index (χ0v) is 6.02. The maximum Gasteiger partial charge on any atom is 0.293 e. The normalized spacial score (nSPS) is 9.00. The molecule has 0 atom stereocenters. The van der Waals surface area contributed by atoms with Gasteiger partial charge < -0.3 is 10.5 Å². The fraction of sp³-hybridized carbons (Fsp3) is 0.800. The number of rotatable bonds is 6. The minimum Gasteiger partial charge on any atom is -0.467 e. The van der Waals surface area contributed by atoms with Gasteiger partial charge in [-0.1, -0.05) is 0 Å². The summed E-state index contributed by atoms with van der Waals surface area (Å²) in [6, 6.07) is 0. The fourth-order valence-electron chi connectivity index (χ4n) is 0.341. The van der Waals surface area contributed by atoms with Crippen LogP contribution in [0.15, 0.2) is 0 Å². The van der Waals surface area contributed by atoms with Gasteiger partial charge >= 0.3 is 0 Å². The summed E-state index contributed by atoms with van der Waals surface area (Å²) in [5.74, 6) is 1.78. The predicted octanol–water partition coefficient (Wildman–Crippen LogP) is -0.149. The van der Waals surface area contributed by atoms with Gasteiger partial charge in [0, 0.05) is 18.1 Å². The highest BCUT2D eigenvalue weighted by atomic mass is 32.2. The van der Waals surface area contributed by atoms with Crippen molar-refractivity contribution >= 4 is 18.2 Å². The van der Waals surface area contributed by atoms with E-state index in [1.165, 1.54) is 0 Å². The van der Waals surface area contributed by atoms with Gasteiger partial charge in [0.2, 0.25) is 0 Å². The summed E-state index contributed by atoms with van der Waals surface area (Å²) < 4.78 is 4.44. The van der Waals surface area contributed by atoms with Gasteiger partial charge in [0.25, 0.3) is 6.47 Å². The molecule has 0 rings (SSSR count). The van der Waals surface area contributed by atoms with Crippen molar-refractivity contribution in [2.45, 2.75) is 0 Å². The van der Waals surface area contributed by atoms with E-state index in [1.54, 1.807) is 11.8 Å². The summed E-state index contributed by atoms with van der Waals surface area (Å²) in [6.07, 6.45) is 0. The Morgan fingerprint density at radius 1 is 1.56 bits per heavy atom. The summed E-state index contributed by atoms with van der Waals surface area (Å²) in [6.45, 7) is 1.64. The molecule has 3 nitrogen and oxygen atoms in total. The third-order valence-electron chi connectivity index (χ3n) is 0.676. The lowest BCUT2D eigenvalue weighted by Crippen LogP contribution is -2.03. The molecule has 0 saturated heterocycles. The Kier molecular flexibility index (Phi) is 7.59. The van der Waals surface area contributed by atoms with E-state index in [4.69, 9.17) is 5.73 Å². The van der Waals surface area contributed by atoms with Gasteiger partial charge in [-0.15, -0.1) is 0 Å². The molecular formula is C5H11NO2S. The molecule has 0 aliphatic rings. The van der Waals surface area contributed by atoms with Gasteiger partial charge in [-0.3, -0.25) is 4.79 Å². The Balaban J connectivity index is 2.66. The minimum absolute atomic E-state index is 0.461. The van der Waals surface area contributed by atoms with Crippen molar-refractivity contribution in [3.63, 3.8) is 0 Å². The molecule has 0 amide bonds. The van der Waals surface area contributed by atoms with Crippen LogP contribution in [0.4, 0.5) is 0 Å². The Morgan fingerprint density at radius 2 is 2.33 bits per heavy atom. The van der Waals surface area contributed by atoms with Crippen LogP contribution in [0.5, 0.6) is 0 Å². The molecule has 0 heterocycles. The quantitative estimate of drug-likeness (QED) is 0.421. The minimum atomic E-state index is 0.461. The lowest BCUT2D eigenvalue weighted by molar-refractivity contribution is -0.128. The Bertz CT molecular complexity index is 70.0. The predicted molar refractivity (Wildman–Crippen MR) is 38.4 cm³/mol. The first kappa shape index (κ1) is 8.78. The molecule has 2 N–H and O–H groups in total. The molecule has 0 aliphatic heterocycles. The van der Waals surface area contributed by atoms with Gasteiger partial charge in [0.15, 0.2) is 0 Å².